The highest BCUT2D eigenvalue weighted by atomic mass is 35.5. The van der Waals surface area contributed by atoms with E-state index < -0.39 is 0 Å². The zero-order chi connectivity index (χ0) is 18.8. The van der Waals surface area contributed by atoms with Crippen LogP contribution in [-0.4, -0.2) is 24.7 Å². The minimum absolute atomic E-state index is 0.323. The van der Waals surface area contributed by atoms with Gasteiger partial charge in [-0.3, -0.25) is 9.59 Å². The summed E-state index contributed by atoms with van der Waals surface area (Å²) in [5.74, 6) is 0.493. The number of halogens is 1. The van der Waals surface area contributed by atoms with Crippen LogP contribution in [0.15, 0.2) is 47.4 Å². The van der Waals surface area contributed by atoms with Crippen LogP contribution < -0.4 is 9.64 Å². The first-order valence-electron chi connectivity index (χ1n) is 8.14. The maximum Gasteiger partial charge on any atom is 0.272 e. The van der Waals surface area contributed by atoms with Crippen molar-refractivity contribution in [3.8, 4) is 5.75 Å². The van der Waals surface area contributed by atoms with E-state index >= 15 is 0 Å². The maximum atomic E-state index is 13.2. The number of hydrogen-bond acceptors (Lipinski definition) is 4. The van der Waals surface area contributed by atoms with Crippen molar-refractivity contribution in [3.05, 3.63) is 63.5 Å². The second-order valence-corrected chi connectivity index (χ2v) is 7.48. The van der Waals surface area contributed by atoms with E-state index in [1.807, 2.05) is 19.9 Å². The lowest BCUT2D eigenvalue weighted by molar-refractivity contribution is -0.119. The second-order valence-electron chi connectivity index (χ2n) is 5.77. The fourth-order valence-corrected chi connectivity index (χ4v) is 3.83. The first-order chi connectivity index (χ1) is 12.5. The molecular formula is C20H18ClNO3S. The number of imide groups is 1. The molecule has 134 valence electrons. The molecule has 4 nitrogen and oxygen atoms in total. The van der Waals surface area contributed by atoms with E-state index in [0.717, 1.165) is 5.56 Å². The monoisotopic (exact) mass is 387 g/mol. The lowest BCUT2D eigenvalue weighted by atomic mass is 10.1. The number of carbonyl (C=O) groups excluding carboxylic acids is 2. The molecule has 0 spiro atoms. The number of benzene rings is 2. The van der Waals surface area contributed by atoms with Crippen molar-refractivity contribution in [2.45, 2.75) is 13.8 Å². The minimum Gasteiger partial charge on any atom is -0.495 e. The Balaban J connectivity index is 2.13. The Morgan fingerprint density at radius 1 is 1.08 bits per heavy atom. The van der Waals surface area contributed by atoms with Crippen molar-refractivity contribution in [2.24, 2.45) is 0 Å². The summed E-state index contributed by atoms with van der Waals surface area (Å²) in [6, 6.07) is 12.4. The number of carbonyl (C=O) groups is 2. The minimum atomic E-state index is -0.350. The van der Waals surface area contributed by atoms with E-state index in [9.17, 15) is 9.59 Å². The van der Waals surface area contributed by atoms with Crippen LogP contribution in [0.3, 0.4) is 0 Å². The molecule has 0 aromatic heterocycles. The highest BCUT2D eigenvalue weighted by Crippen LogP contribution is 2.41. The van der Waals surface area contributed by atoms with Crippen molar-refractivity contribution in [1.82, 2.24) is 0 Å². The van der Waals surface area contributed by atoms with E-state index in [2.05, 4.69) is 0 Å². The number of aryl methyl sites for hydroxylation is 1. The van der Waals surface area contributed by atoms with Crippen molar-refractivity contribution >= 4 is 46.4 Å². The van der Waals surface area contributed by atoms with Crippen LogP contribution in [0.5, 0.6) is 5.75 Å². The van der Waals surface area contributed by atoms with Gasteiger partial charge in [0.15, 0.2) is 0 Å². The zero-order valence-electron chi connectivity index (χ0n) is 14.7. The summed E-state index contributed by atoms with van der Waals surface area (Å²) in [6.07, 6.45) is 0. The molecule has 26 heavy (non-hydrogen) atoms. The Hall–Kier alpha value is -2.24. The van der Waals surface area contributed by atoms with Crippen molar-refractivity contribution < 1.29 is 14.3 Å². The van der Waals surface area contributed by atoms with Gasteiger partial charge in [-0.1, -0.05) is 36.7 Å². The summed E-state index contributed by atoms with van der Waals surface area (Å²) in [5, 5.41) is 0.577. The molecule has 3 rings (SSSR count). The molecule has 0 aliphatic carbocycles. The molecule has 0 radical (unpaired) electrons. The Morgan fingerprint density at radius 3 is 2.38 bits per heavy atom. The zero-order valence-corrected chi connectivity index (χ0v) is 16.3. The van der Waals surface area contributed by atoms with Crippen molar-refractivity contribution in [1.29, 1.82) is 0 Å². The van der Waals surface area contributed by atoms with Gasteiger partial charge in [-0.15, -0.1) is 11.8 Å². The Bertz CT molecular complexity index is 906. The number of amides is 2. The molecule has 0 saturated heterocycles. The van der Waals surface area contributed by atoms with Gasteiger partial charge in [0.1, 0.15) is 5.75 Å². The molecule has 2 amide bonds. The molecule has 2 aromatic rings. The van der Waals surface area contributed by atoms with Gasteiger partial charge in [0.05, 0.1) is 23.3 Å². The van der Waals surface area contributed by atoms with Gasteiger partial charge in [0.2, 0.25) is 0 Å². The quantitative estimate of drug-likeness (QED) is 0.698. The molecule has 1 aliphatic rings. The van der Waals surface area contributed by atoms with Gasteiger partial charge in [-0.05, 0) is 48.1 Å². The smallest absolute Gasteiger partial charge is 0.272 e. The summed E-state index contributed by atoms with van der Waals surface area (Å²) < 4.78 is 5.37. The first kappa shape index (κ1) is 18.5. The topological polar surface area (TPSA) is 46.6 Å². The summed E-state index contributed by atoms with van der Waals surface area (Å²) in [4.78, 5) is 27.9. The average Bonchev–Trinajstić information content (AvgIpc) is 2.86. The lowest BCUT2D eigenvalue weighted by Gasteiger charge is -2.19. The first-order valence-corrected chi connectivity index (χ1v) is 9.50. The van der Waals surface area contributed by atoms with Crippen molar-refractivity contribution in [3.63, 3.8) is 0 Å². The van der Waals surface area contributed by atoms with Crippen LogP contribution in [0.2, 0.25) is 5.02 Å². The van der Waals surface area contributed by atoms with Crippen LogP contribution >= 0.6 is 23.4 Å². The average molecular weight is 388 g/mol. The highest BCUT2D eigenvalue weighted by Gasteiger charge is 2.41. The summed E-state index contributed by atoms with van der Waals surface area (Å²) in [6.45, 7) is 3.86. The van der Waals surface area contributed by atoms with Crippen LogP contribution in [0, 0.1) is 6.92 Å². The SMILES string of the molecule is CCSC1=C(c2ccc(Cl)cc2)C(=O)N(c2cc(C)ccc2OC)C1=O. The number of ether oxygens (including phenoxy) is 1. The molecule has 0 atom stereocenters. The van der Waals surface area contributed by atoms with Gasteiger partial charge in [-0.2, -0.15) is 0 Å². The molecule has 1 aliphatic heterocycles. The molecule has 0 bridgehead atoms. The summed E-state index contributed by atoms with van der Waals surface area (Å²) in [5.41, 5.74) is 2.48. The maximum absolute atomic E-state index is 13.2. The molecule has 0 fully saturated rings. The van der Waals surface area contributed by atoms with Gasteiger partial charge >= 0.3 is 0 Å². The fraction of sp³-hybridized carbons (Fsp3) is 0.200. The Kier molecular flexibility index (Phi) is 5.39. The van der Waals surface area contributed by atoms with Crippen molar-refractivity contribution in [2.75, 3.05) is 17.8 Å². The highest BCUT2D eigenvalue weighted by molar-refractivity contribution is 8.04. The van der Waals surface area contributed by atoms with E-state index in [0.29, 0.717) is 38.3 Å². The molecule has 1 heterocycles. The van der Waals surface area contributed by atoms with Gasteiger partial charge in [-0.25, -0.2) is 4.90 Å². The number of anilines is 1. The lowest BCUT2D eigenvalue weighted by Crippen LogP contribution is -2.31. The Morgan fingerprint density at radius 2 is 1.77 bits per heavy atom. The molecule has 6 heteroatoms. The summed E-state index contributed by atoms with van der Waals surface area (Å²) in [7, 11) is 1.52. The number of rotatable bonds is 5. The molecule has 0 unspecified atom stereocenters. The summed E-state index contributed by atoms with van der Waals surface area (Å²) >= 11 is 7.33. The van der Waals surface area contributed by atoms with Crippen LogP contribution in [0.1, 0.15) is 18.1 Å². The van der Waals surface area contributed by atoms with E-state index in [4.69, 9.17) is 16.3 Å². The molecule has 0 N–H and O–H groups in total. The van der Waals surface area contributed by atoms with E-state index in [1.165, 1.54) is 23.8 Å². The van der Waals surface area contributed by atoms with Crippen LogP contribution in [0.4, 0.5) is 5.69 Å². The third kappa shape index (κ3) is 3.24. The third-order valence-electron chi connectivity index (χ3n) is 4.04. The van der Waals surface area contributed by atoms with E-state index in [1.54, 1.807) is 36.4 Å². The predicted molar refractivity (Wildman–Crippen MR) is 107 cm³/mol. The number of hydrogen-bond donors (Lipinski definition) is 0. The van der Waals surface area contributed by atoms with Gasteiger partial charge in [0, 0.05) is 5.02 Å². The van der Waals surface area contributed by atoms with Gasteiger partial charge < -0.3 is 4.74 Å². The number of thioether (sulfide) groups is 1. The molecular weight excluding hydrogens is 370 g/mol. The fourth-order valence-electron chi connectivity index (χ4n) is 2.85. The van der Waals surface area contributed by atoms with Crippen LogP contribution in [0.25, 0.3) is 5.57 Å². The standard InChI is InChI=1S/C20H18ClNO3S/c1-4-26-18-17(13-6-8-14(21)9-7-13)19(23)22(20(18)24)15-11-12(2)5-10-16(15)25-3/h5-11H,4H2,1-3H3. The normalized spacial score (nSPS) is 14.4. The molecule has 2 aromatic carbocycles. The van der Waals surface area contributed by atoms with Gasteiger partial charge in [0.25, 0.3) is 11.8 Å². The second kappa shape index (κ2) is 7.56. The number of methoxy groups -OCH3 is 1. The van der Waals surface area contributed by atoms with E-state index in [-0.39, 0.29) is 11.8 Å². The van der Waals surface area contributed by atoms with Crippen LogP contribution in [-0.2, 0) is 9.59 Å². The predicted octanol–water partition coefficient (Wildman–Crippen LogP) is 4.69. The Labute approximate surface area is 161 Å². The third-order valence-corrected chi connectivity index (χ3v) is 5.25. The largest absolute Gasteiger partial charge is 0.495 e. The number of nitrogens with zero attached hydrogens (tertiary/aromatic N) is 1. The molecule has 0 saturated carbocycles.